The summed E-state index contributed by atoms with van der Waals surface area (Å²) in [5.74, 6) is -0.0742. The highest BCUT2D eigenvalue weighted by atomic mass is 16.1. The molecule has 1 amide bonds. The van der Waals surface area contributed by atoms with Crippen LogP contribution >= 0.6 is 0 Å². The van der Waals surface area contributed by atoms with Crippen molar-refractivity contribution >= 4 is 5.91 Å². The monoisotopic (exact) mass is 214 g/mol. The molecular formula is C10H22N4O. The maximum absolute atomic E-state index is 10.8. The molecule has 0 spiro atoms. The number of likely N-dealkylation sites (N-methyl/N-ethyl adjacent to an activating group) is 1. The van der Waals surface area contributed by atoms with Gasteiger partial charge in [-0.2, -0.15) is 0 Å². The van der Waals surface area contributed by atoms with Crippen molar-refractivity contribution in [1.82, 2.24) is 20.3 Å². The fourth-order valence-electron chi connectivity index (χ4n) is 0.699. The zero-order chi connectivity index (χ0) is 12.3. The summed E-state index contributed by atoms with van der Waals surface area (Å²) in [4.78, 5) is 10.8. The molecule has 5 heteroatoms. The van der Waals surface area contributed by atoms with E-state index in [1.54, 1.807) is 13.2 Å². The molecule has 0 unspecified atom stereocenters. The number of hydrogen-bond donors (Lipinski definition) is 1. The summed E-state index contributed by atoms with van der Waals surface area (Å²) >= 11 is 0. The number of amides is 1. The first-order chi connectivity index (χ1) is 7.22. The number of carbonyl (C=O) groups excluding carboxylic acids is 1. The van der Waals surface area contributed by atoms with Crippen molar-refractivity contribution in [3.8, 4) is 0 Å². The molecule has 0 saturated carbocycles. The van der Waals surface area contributed by atoms with Crippen LogP contribution in [0.4, 0.5) is 0 Å². The zero-order valence-corrected chi connectivity index (χ0v) is 10.5. The lowest BCUT2D eigenvalue weighted by atomic mass is 10.5. The Labute approximate surface area is 91.9 Å². The summed E-state index contributed by atoms with van der Waals surface area (Å²) in [5.41, 5.74) is 0.814. The first-order valence-electron chi connectivity index (χ1n) is 5.29. The Morgan fingerprint density at radius 1 is 1.40 bits per heavy atom. The normalized spacial score (nSPS) is 7.87. The average molecular weight is 214 g/mol. The molecule has 0 saturated heterocycles. The van der Waals surface area contributed by atoms with Crippen molar-refractivity contribution in [2.24, 2.45) is 0 Å². The van der Waals surface area contributed by atoms with Crippen LogP contribution in [0.3, 0.4) is 0 Å². The number of nitrogens with one attached hydrogen (secondary N) is 1. The van der Waals surface area contributed by atoms with Gasteiger partial charge in [-0.25, -0.2) is 4.68 Å². The molecule has 0 aliphatic rings. The van der Waals surface area contributed by atoms with E-state index < -0.39 is 0 Å². The topological polar surface area (TPSA) is 59.8 Å². The Hall–Kier alpha value is -1.39. The minimum atomic E-state index is -0.0742. The predicted molar refractivity (Wildman–Crippen MR) is 61.5 cm³/mol. The number of nitrogens with zero attached hydrogens (tertiary/aromatic N) is 3. The third-order valence-corrected chi connectivity index (χ3v) is 1.24. The van der Waals surface area contributed by atoms with Crippen molar-refractivity contribution < 1.29 is 4.79 Å². The molecule has 1 heterocycles. The fourth-order valence-corrected chi connectivity index (χ4v) is 0.699. The van der Waals surface area contributed by atoms with Crippen molar-refractivity contribution in [3.63, 3.8) is 0 Å². The van der Waals surface area contributed by atoms with Crippen LogP contribution in [0, 0.1) is 6.92 Å². The van der Waals surface area contributed by atoms with Gasteiger partial charge in [0, 0.05) is 13.2 Å². The van der Waals surface area contributed by atoms with Gasteiger partial charge in [-0.05, 0) is 6.92 Å². The second kappa shape index (κ2) is 10.7. The number of aromatic nitrogens is 3. The second-order valence-corrected chi connectivity index (χ2v) is 2.23. The summed E-state index contributed by atoms with van der Waals surface area (Å²) < 4.78 is 1.49. The largest absolute Gasteiger partial charge is 0.358 e. The third-order valence-electron chi connectivity index (χ3n) is 1.24. The van der Waals surface area contributed by atoms with Gasteiger partial charge in [0.25, 0.3) is 0 Å². The molecule has 1 N–H and O–H groups in total. The molecule has 0 aliphatic carbocycles. The Bertz CT molecular complexity index is 258. The van der Waals surface area contributed by atoms with Crippen molar-refractivity contribution in [2.45, 2.75) is 41.2 Å². The molecule has 1 aromatic heterocycles. The molecular weight excluding hydrogens is 192 g/mol. The summed E-state index contributed by atoms with van der Waals surface area (Å²) in [5, 5.41) is 9.94. The molecule has 15 heavy (non-hydrogen) atoms. The molecule has 0 aliphatic heterocycles. The van der Waals surface area contributed by atoms with E-state index in [4.69, 9.17) is 0 Å². The van der Waals surface area contributed by atoms with Gasteiger partial charge in [0.2, 0.25) is 5.91 Å². The Morgan fingerprint density at radius 3 is 2.27 bits per heavy atom. The predicted octanol–water partition coefficient (Wildman–Crippen LogP) is 1.38. The molecule has 5 nitrogen and oxygen atoms in total. The van der Waals surface area contributed by atoms with Crippen LogP contribution < -0.4 is 5.32 Å². The van der Waals surface area contributed by atoms with E-state index in [0.29, 0.717) is 0 Å². The van der Waals surface area contributed by atoms with Crippen LogP contribution in [0.1, 0.15) is 33.4 Å². The zero-order valence-electron chi connectivity index (χ0n) is 10.5. The molecule has 88 valence electrons. The second-order valence-electron chi connectivity index (χ2n) is 2.23. The summed E-state index contributed by atoms with van der Waals surface area (Å²) in [6, 6.07) is 0. The lowest BCUT2D eigenvalue weighted by molar-refractivity contribution is -0.121. The first kappa shape index (κ1) is 16.1. The van der Waals surface area contributed by atoms with E-state index in [1.165, 1.54) is 4.68 Å². The molecule has 0 radical (unpaired) electrons. The highest BCUT2D eigenvalue weighted by Gasteiger charge is 2.00. The molecule has 0 bridgehead atoms. The molecule has 0 atom stereocenters. The smallest absolute Gasteiger partial charge is 0.241 e. The van der Waals surface area contributed by atoms with Crippen LogP contribution in [0.2, 0.25) is 0 Å². The Kier molecular flexibility index (Phi) is 11.4. The molecule has 0 fully saturated rings. The van der Waals surface area contributed by atoms with Crippen LogP contribution in [-0.2, 0) is 11.3 Å². The lowest BCUT2D eigenvalue weighted by Gasteiger charge is -1.96. The van der Waals surface area contributed by atoms with Crippen LogP contribution in [-0.4, -0.2) is 27.9 Å². The van der Waals surface area contributed by atoms with Crippen LogP contribution in [0.15, 0.2) is 6.20 Å². The van der Waals surface area contributed by atoms with Gasteiger partial charge < -0.3 is 5.32 Å². The summed E-state index contributed by atoms with van der Waals surface area (Å²) in [7, 11) is 1.59. The van der Waals surface area contributed by atoms with Gasteiger partial charge >= 0.3 is 0 Å². The van der Waals surface area contributed by atoms with Gasteiger partial charge in [-0.1, -0.05) is 32.9 Å². The lowest BCUT2D eigenvalue weighted by Crippen LogP contribution is -2.23. The van der Waals surface area contributed by atoms with E-state index >= 15 is 0 Å². The summed E-state index contributed by atoms with van der Waals surface area (Å²) in [6.07, 6.45) is 1.72. The quantitative estimate of drug-likeness (QED) is 0.809. The number of carbonyl (C=O) groups is 1. The van der Waals surface area contributed by atoms with Gasteiger partial charge in [-0.15, -0.1) is 5.10 Å². The summed E-state index contributed by atoms with van der Waals surface area (Å²) in [6.45, 7) is 10.1. The number of aryl methyl sites for hydroxylation is 1. The third kappa shape index (κ3) is 7.66. The van der Waals surface area contributed by atoms with E-state index in [0.717, 1.165) is 5.69 Å². The van der Waals surface area contributed by atoms with Crippen molar-refractivity contribution in [2.75, 3.05) is 7.05 Å². The number of hydrogen-bond acceptors (Lipinski definition) is 3. The van der Waals surface area contributed by atoms with Crippen LogP contribution in [0.5, 0.6) is 0 Å². The van der Waals surface area contributed by atoms with E-state index in [1.807, 2.05) is 34.6 Å². The minimum Gasteiger partial charge on any atom is -0.358 e. The molecule has 1 aromatic rings. The average Bonchev–Trinajstić information content (AvgIpc) is 2.69. The highest BCUT2D eigenvalue weighted by Crippen LogP contribution is 1.87. The maximum atomic E-state index is 10.8. The van der Waals surface area contributed by atoms with Gasteiger partial charge in [0.05, 0.1) is 5.69 Å². The standard InChI is InChI=1S/C6H10N4O.2C2H6/c1-5-3-10(9-8-5)4-6(11)7-2;2*1-2/h3H,4H2,1-2H3,(H,7,11);2*1-2H3. The van der Waals surface area contributed by atoms with E-state index in [2.05, 4.69) is 15.6 Å². The van der Waals surface area contributed by atoms with Crippen LogP contribution in [0.25, 0.3) is 0 Å². The molecule has 0 aromatic carbocycles. The maximum Gasteiger partial charge on any atom is 0.241 e. The van der Waals surface area contributed by atoms with Gasteiger partial charge in [0.15, 0.2) is 0 Å². The molecule has 1 rings (SSSR count). The van der Waals surface area contributed by atoms with E-state index in [-0.39, 0.29) is 12.5 Å². The Morgan fingerprint density at radius 2 is 1.93 bits per heavy atom. The van der Waals surface area contributed by atoms with Crippen molar-refractivity contribution in [1.29, 1.82) is 0 Å². The van der Waals surface area contributed by atoms with Gasteiger partial charge in [-0.3, -0.25) is 4.79 Å². The van der Waals surface area contributed by atoms with Gasteiger partial charge in [0.1, 0.15) is 6.54 Å². The highest BCUT2D eigenvalue weighted by molar-refractivity contribution is 5.75. The van der Waals surface area contributed by atoms with E-state index in [9.17, 15) is 4.79 Å². The Balaban J connectivity index is 0. The minimum absolute atomic E-state index is 0.0742. The van der Waals surface area contributed by atoms with Crippen molar-refractivity contribution in [3.05, 3.63) is 11.9 Å². The number of rotatable bonds is 2. The fraction of sp³-hybridized carbons (Fsp3) is 0.700. The first-order valence-corrected chi connectivity index (χ1v) is 5.29. The SMILES string of the molecule is CC.CC.CNC(=O)Cn1cc(C)nn1.